The highest BCUT2D eigenvalue weighted by Gasteiger charge is 2.12. The van der Waals surface area contributed by atoms with E-state index in [2.05, 4.69) is 35.2 Å². The molecule has 100 valence electrons. The molecule has 0 amide bonds. The van der Waals surface area contributed by atoms with Gasteiger partial charge in [-0.15, -0.1) is 0 Å². The molecule has 0 aliphatic carbocycles. The fourth-order valence-electron chi connectivity index (χ4n) is 1.85. The number of hydrogen-bond donors (Lipinski definition) is 1. The number of hydrogen-bond acceptors (Lipinski definition) is 4. The van der Waals surface area contributed by atoms with Gasteiger partial charge in [0.25, 0.3) is 0 Å². The summed E-state index contributed by atoms with van der Waals surface area (Å²) in [6, 6.07) is 2.02. The van der Waals surface area contributed by atoms with Crippen LogP contribution in [0.5, 0.6) is 0 Å². The van der Waals surface area contributed by atoms with Gasteiger partial charge in [-0.1, -0.05) is 13.8 Å². The Kier molecular flexibility index (Phi) is 6.40. The summed E-state index contributed by atoms with van der Waals surface area (Å²) in [5, 5.41) is 16.6. The van der Waals surface area contributed by atoms with E-state index in [0.717, 1.165) is 38.3 Å². The van der Waals surface area contributed by atoms with Crippen LogP contribution in [-0.2, 0) is 6.54 Å². The Morgan fingerprint density at radius 2 is 2.17 bits per heavy atom. The molecule has 1 N–H and O–H groups in total. The largest absolute Gasteiger partial charge is 0.303 e. The van der Waals surface area contributed by atoms with Crippen LogP contribution in [0.4, 0.5) is 0 Å². The smallest absolute Gasteiger partial charge is 0.124 e. The molecule has 1 aromatic heterocycles. The fourth-order valence-corrected chi connectivity index (χ4v) is 1.85. The average Bonchev–Trinajstić information content (AvgIpc) is 2.88. The summed E-state index contributed by atoms with van der Waals surface area (Å²) in [7, 11) is 0. The van der Waals surface area contributed by atoms with E-state index in [1.807, 2.05) is 17.8 Å². The Morgan fingerprint density at radius 1 is 1.44 bits per heavy atom. The van der Waals surface area contributed by atoms with Crippen LogP contribution in [0, 0.1) is 11.3 Å². The second-order valence-corrected chi connectivity index (χ2v) is 4.17. The summed E-state index contributed by atoms with van der Waals surface area (Å²) >= 11 is 0. The Hall–Kier alpha value is -1.38. The lowest BCUT2D eigenvalue weighted by atomic mass is 10.2. The Labute approximate surface area is 109 Å². The van der Waals surface area contributed by atoms with Gasteiger partial charge in [-0.2, -0.15) is 10.4 Å². The molecule has 1 unspecified atom stereocenters. The van der Waals surface area contributed by atoms with E-state index in [0.29, 0.717) is 0 Å². The molecular weight excluding hydrogens is 226 g/mol. The van der Waals surface area contributed by atoms with Crippen LogP contribution in [0.2, 0.25) is 0 Å². The van der Waals surface area contributed by atoms with Crippen LogP contribution in [0.1, 0.15) is 32.4 Å². The predicted octanol–water partition coefficient (Wildman–Crippen LogP) is 1.40. The quantitative estimate of drug-likeness (QED) is 0.756. The second-order valence-electron chi connectivity index (χ2n) is 4.17. The van der Waals surface area contributed by atoms with Crippen LogP contribution in [0.25, 0.3) is 0 Å². The van der Waals surface area contributed by atoms with Gasteiger partial charge in [0.2, 0.25) is 0 Å². The number of nitrogens with one attached hydrogen (secondary N) is 1. The zero-order valence-electron chi connectivity index (χ0n) is 11.6. The van der Waals surface area contributed by atoms with Crippen molar-refractivity contribution in [2.75, 3.05) is 26.2 Å². The minimum absolute atomic E-state index is 0.263. The highest BCUT2D eigenvalue weighted by Crippen LogP contribution is 2.10. The average molecular weight is 249 g/mol. The van der Waals surface area contributed by atoms with Gasteiger partial charge < -0.3 is 4.90 Å². The summed E-state index contributed by atoms with van der Waals surface area (Å²) in [5.41, 5.74) is 0.943. The Bertz CT molecular complexity index is 375. The van der Waals surface area contributed by atoms with Crippen molar-refractivity contribution in [3.63, 3.8) is 0 Å². The van der Waals surface area contributed by atoms with Crippen LogP contribution in [0.15, 0.2) is 12.4 Å². The molecule has 1 rings (SSSR count). The molecule has 0 spiro atoms. The van der Waals surface area contributed by atoms with Crippen LogP contribution in [0.3, 0.4) is 0 Å². The Morgan fingerprint density at radius 3 is 2.67 bits per heavy atom. The van der Waals surface area contributed by atoms with E-state index < -0.39 is 0 Å². The summed E-state index contributed by atoms with van der Waals surface area (Å²) in [5.74, 6) is 0. The third kappa shape index (κ3) is 4.13. The van der Waals surface area contributed by atoms with E-state index in [1.165, 1.54) is 0 Å². The van der Waals surface area contributed by atoms with Crippen molar-refractivity contribution < 1.29 is 0 Å². The maximum Gasteiger partial charge on any atom is 0.124 e. The monoisotopic (exact) mass is 249 g/mol. The lowest BCUT2D eigenvalue weighted by Gasteiger charge is -2.19. The topological polar surface area (TPSA) is 56.9 Å². The zero-order valence-corrected chi connectivity index (χ0v) is 11.6. The van der Waals surface area contributed by atoms with E-state index in [4.69, 9.17) is 0 Å². The predicted molar refractivity (Wildman–Crippen MR) is 72.0 cm³/mol. The normalized spacial score (nSPS) is 12.6. The molecule has 5 nitrogen and oxygen atoms in total. The maximum atomic E-state index is 9.18. The molecule has 0 aliphatic rings. The highest BCUT2D eigenvalue weighted by molar-refractivity contribution is 5.17. The van der Waals surface area contributed by atoms with Gasteiger partial charge in [0, 0.05) is 31.4 Å². The minimum Gasteiger partial charge on any atom is -0.303 e. The van der Waals surface area contributed by atoms with Crippen LogP contribution >= 0.6 is 0 Å². The van der Waals surface area contributed by atoms with Crippen molar-refractivity contribution >= 4 is 0 Å². The molecule has 0 aromatic carbocycles. The lowest BCUT2D eigenvalue weighted by molar-refractivity contribution is 0.300. The minimum atomic E-state index is -0.263. The SMILES string of the molecule is CCN(CC)CCNC(C#N)c1cnn(CC)c1. The van der Waals surface area contributed by atoms with Crippen molar-refractivity contribution in [3.05, 3.63) is 18.0 Å². The summed E-state index contributed by atoms with van der Waals surface area (Å²) in [4.78, 5) is 2.33. The number of aryl methyl sites for hydroxylation is 1. The molecule has 0 aliphatic heterocycles. The third-order valence-corrected chi connectivity index (χ3v) is 3.11. The van der Waals surface area contributed by atoms with Crippen molar-refractivity contribution in [1.29, 1.82) is 5.26 Å². The summed E-state index contributed by atoms with van der Waals surface area (Å²) < 4.78 is 1.84. The van der Waals surface area contributed by atoms with E-state index >= 15 is 0 Å². The van der Waals surface area contributed by atoms with Crippen molar-refractivity contribution in [2.24, 2.45) is 0 Å². The second kappa shape index (κ2) is 7.85. The van der Waals surface area contributed by atoms with Gasteiger partial charge in [-0.25, -0.2) is 0 Å². The molecule has 1 heterocycles. The number of rotatable bonds is 8. The first-order chi connectivity index (χ1) is 8.74. The van der Waals surface area contributed by atoms with Crippen molar-refractivity contribution in [1.82, 2.24) is 20.0 Å². The maximum absolute atomic E-state index is 9.18. The van der Waals surface area contributed by atoms with Crippen molar-refractivity contribution in [3.8, 4) is 6.07 Å². The van der Waals surface area contributed by atoms with Gasteiger partial charge in [0.15, 0.2) is 0 Å². The fraction of sp³-hybridized carbons (Fsp3) is 0.692. The molecule has 0 saturated carbocycles. The molecule has 0 bridgehead atoms. The standard InChI is InChI=1S/C13H23N5/c1-4-17(5-2)8-7-15-13(9-14)12-10-16-18(6-3)11-12/h10-11,13,15H,4-8H2,1-3H3. The van der Waals surface area contributed by atoms with Gasteiger partial charge in [0.05, 0.1) is 12.3 Å². The number of likely N-dealkylation sites (N-methyl/N-ethyl adjacent to an activating group) is 1. The zero-order chi connectivity index (χ0) is 13.4. The molecular formula is C13H23N5. The number of aromatic nitrogens is 2. The molecule has 0 radical (unpaired) electrons. The molecule has 18 heavy (non-hydrogen) atoms. The van der Waals surface area contributed by atoms with Gasteiger partial charge in [-0.3, -0.25) is 10.00 Å². The van der Waals surface area contributed by atoms with Gasteiger partial charge in [0.1, 0.15) is 6.04 Å². The first kappa shape index (κ1) is 14.7. The van der Waals surface area contributed by atoms with Crippen LogP contribution in [-0.4, -0.2) is 40.9 Å². The lowest BCUT2D eigenvalue weighted by Crippen LogP contribution is -2.33. The first-order valence-corrected chi connectivity index (χ1v) is 6.62. The Balaban J connectivity index is 2.45. The van der Waals surface area contributed by atoms with Crippen LogP contribution < -0.4 is 5.32 Å². The van der Waals surface area contributed by atoms with E-state index in [1.54, 1.807) is 6.20 Å². The number of nitriles is 1. The first-order valence-electron chi connectivity index (χ1n) is 6.62. The molecule has 0 saturated heterocycles. The summed E-state index contributed by atoms with van der Waals surface area (Å²) in [6.07, 6.45) is 3.69. The molecule has 1 aromatic rings. The number of nitrogens with zero attached hydrogens (tertiary/aromatic N) is 4. The van der Waals surface area contributed by atoms with Gasteiger partial charge in [-0.05, 0) is 20.0 Å². The van der Waals surface area contributed by atoms with E-state index in [9.17, 15) is 5.26 Å². The third-order valence-electron chi connectivity index (χ3n) is 3.11. The van der Waals surface area contributed by atoms with Gasteiger partial charge >= 0.3 is 0 Å². The summed E-state index contributed by atoms with van der Waals surface area (Å²) in [6.45, 7) is 11.0. The van der Waals surface area contributed by atoms with E-state index in [-0.39, 0.29) is 6.04 Å². The molecule has 1 atom stereocenters. The van der Waals surface area contributed by atoms with Crippen molar-refractivity contribution in [2.45, 2.75) is 33.4 Å². The molecule has 5 heteroatoms. The molecule has 0 fully saturated rings. The highest BCUT2D eigenvalue weighted by atomic mass is 15.3.